The van der Waals surface area contributed by atoms with E-state index in [1.807, 2.05) is 0 Å². The first kappa shape index (κ1) is 15.9. The number of H-pyrrole nitrogens is 1. The van der Waals surface area contributed by atoms with Gasteiger partial charge in [-0.25, -0.2) is 13.2 Å². The molecule has 0 atom stereocenters. The first-order valence-electron chi connectivity index (χ1n) is 7.50. The molecule has 2 N–H and O–H groups in total. The van der Waals surface area contributed by atoms with Crippen molar-refractivity contribution < 1.29 is 27.9 Å². The maximum absolute atomic E-state index is 12.8. The third-order valence-corrected chi connectivity index (χ3v) is 6.14. The summed E-state index contributed by atoms with van der Waals surface area (Å²) in [5, 5.41) is 9.74. The first-order chi connectivity index (χ1) is 11.9. The van der Waals surface area contributed by atoms with Crippen LogP contribution in [0.25, 0.3) is 16.5 Å². The van der Waals surface area contributed by atoms with Gasteiger partial charge in [0.2, 0.25) is 10.0 Å². The summed E-state index contributed by atoms with van der Waals surface area (Å²) in [6, 6.07) is 4.37. The molecule has 2 aliphatic rings. The predicted octanol–water partition coefficient (Wildman–Crippen LogP) is -1.42. The summed E-state index contributed by atoms with van der Waals surface area (Å²) in [5.41, 5.74) is 0.196. The van der Waals surface area contributed by atoms with Gasteiger partial charge in [-0.05, 0) is 18.2 Å². The molecule has 1 aromatic heterocycles. The zero-order valence-electron chi connectivity index (χ0n) is 12.9. The van der Waals surface area contributed by atoms with Gasteiger partial charge in [-0.15, -0.1) is 0 Å². The van der Waals surface area contributed by atoms with Gasteiger partial charge in [0.25, 0.3) is 5.91 Å². The molecule has 1 amide bonds. The van der Waals surface area contributed by atoms with E-state index in [4.69, 9.17) is 4.74 Å². The number of aromatic nitrogens is 1. The van der Waals surface area contributed by atoms with Gasteiger partial charge in [-0.1, -0.05) is 0 Å². The fourth-order valence-corrected chi connectivity index (χ4v) is 4.49. The minimum atomic E-state index is -3.73. The van der Waals surface area contributed by atoms with E-state index in [0.717, 1.165) is 0 Å². The van der Waals surface area contributed by atoms with Crippen LogP contribution in [0.5, 0.6) is 0 Å². The van der Waals surface area contributed by atoms with Crippen molar-refractivity contribution in [2.45, 2.75) is 4.90 Å². The fraction of sp³-hybridized carbons (Fsp3) is 0.267. The van der Waals surface area contributed by atoms with Crippen LogP contribution in [0.15, 0.2) is 28.1 Å². The van der Waals surface area contributed by atoms with Gasteiger partial charge < -0.3 is 14.8 Å². The zero-order valence-corrected chi connectivity index (χ0v) is 13.7. The zero-order chi connectivity index (χ0) is 17.8. The quantitative estimate of drug-likeness (QED) is 0.689. The van der Waals surface area contributed by atoms with E-state index >= 15 is 0 Å². The van der Waals surface area contributed by atoms with Crippen molar-refractivity contribution in [3.63, 3.8) is 0 Å². The highest BCUT2D eigenvalue weighted by Crippen LogP contribution is 2.20. The number of carboxylic acid groups (broad SMARTS) is 1. The third kappa shape index (κ3) is 2.37. The van der Waals surface area contributed by atoms with Crippen LogP contribution in [0, 0.1) is 0 Å². The van der Waals surface area contributed by atoms with Crippen LogP contribution in [-0.2, 0) is 24.3 Å². The summed E-state index contributed by atoms with van der Waals surface area (Å²) in [6.45, 7) is 1.16. The molecule has 1 saturated heterocycles. The summed E-state index contributed by atoms with van der Waals surface area (Å²) < 4.78 is 32.1. The molecular weight excluding hydrogens is 350 g/mol. The lowest BCUT2D eigenvalue weighted by Gasteiger charge is -2.26. The van der Waals surface area contributed by atoms with Crippen LogP contribution in [-0.4, -0.2) is 61.0 Å². The first-order valence-corrected chi connectivity index (χ1v) is 8.94. The van der Waals surface area contributed by atoms with Gasteiger partial charge in [0.15, 0.2) is 0 Å². The van der Waals surface area contributed by atoms with E-state index in [0.29, 0.717) is 24.1 Å². The SMILES string of the molecule is O=C(O)C1=c2c([nH]c3ccc(S(=O)(=O)N4CCOCC4)cc23)=NC1=O. The maximum atomic E-state index is 12.8. The number of hydrogen-bond donors (Lipinski definition) is 2. The molecule has 0 spiro atoms. The number of carbonyl (C=O) groups is 2. The Morgan fingerprint density at radius 2 is 2.00 bits per heavy atom. The van der Waals surface area contributed by atoms with Crippen molar-refractivity contribution in [2.24, 2.45) is 4.99 Å². The van der Waals surface area contributed by atoms with Crippen LogP contribution < -0.4 is 10.7 Å². The van der Waals surface area contributed by atoms with Gasteiger partial charge in [-0.2, -0.15) is 9.30 Å². The van der Waals surface area contributed by atoms with Gasteiger partial charge in [-0.3, -0.25) is 4.79 Å². The molecule has 0 radical (unpaired) electrons. The van der Waals surface area contributed by atoms with Crippen molar-refractivity contribution in [2.75, 3.05) is 26.3 Å². The molecule has 0 saturated carbocycles. The molecule has 1 aromatic carbocycles. The number of nitrogens with one attached hydrogen (secondary N) is 1. The van der Waals surface area contributed by atoms with E-state index in [1.54, 1.807) is 6.07 Å². The van der Waals surface area contributed by atoms with Crippen LogP contribution in [0.3, 0.4) is 0 Å². The summed E-state index contributed by atoms with van der Waals surface area (Å²) >= 11 is 0. The molecule has 10 heteroatoms. The van der Waals surface area contributed by atoms with Gasteiger partial charge in [0, 0.05) is 29.2 Å². The Morgan fingerprint density at radius 3 is 2.68 bits per heavy atom. The summed E-state index contributed by atoms with van der Waals surface area (Å²) in [5.74, 6) is -2.24. The number of aliphatic carboxylic acids is 1. The van der Waals surface area contributed by atoms with E-state index in [2.05, 4.69) is 9.98 Å². The van der Waals surface area contributed by atoms with Crippen LogP contribution in [0.4, 0.5) is 0 Å². The number of morpholine rings is 1. The number of sulfonamides is 1. The Labute approximate surface area is 141 Å². The Balaban J connectivity index is 1.94. The van der Waals surface area contributed by atoms with E-state index in [1.165, 1.54) is 16.4 Å². The lowest BCUT2D eigenvalue weighted by atomic mass is 10.1. The molecule has 9 nitrogen and oxygen atoms in total. The molecule has 0 aliphatic carbocycles. The number of aromatic amines is 1. The normalized spacial score (nSPS) is 18.4. The van der Waals surface area contributed by atoms with Crippen LogP contribution in [0.2, 0.25) is 0 Å². The molecule has 3 heterocycles. The van der Waals surface area contributed by atoms with Gasteiger partial charge >= 0.3 is 5.97 Å². The van der Waals surface area contributed by atoms with Crippen LogP contribution >= 0.6 is 0 Å². The number of nitrogens with zero attached hydrogens (tertiary/aromatic N) is 2. The number of carbonyl (C=O) groups excluding carboxylic acids is 1. The molecule has 4 rings (SSSR count). The number of benzene rings is 1. The van der Waals surface area contributed by atoms with E-state index < -0.39 is 27.5 Å². The van der Waals surface area contributed by atoms with Gasteiger partial charge in [0.05, 0.1) is 18.1 Å². The smallest absolute Gasteiger partial charge is 0.342 e. The van der Waals surface area contributed by atoms with Crippen molar-refractivity contribution >= 4 is 38.4 Å². The highest BCUT2D eigenvalue weighted by molar-refractivity contribution is 7.89. The lowest BCUT2D eigenvalue weighted by molar-refractivity contribution is -0.131. The minimum Gasteiger partial charge on any atom is -0.477 e. The summed E-state index contributed by atoms with van der Waals surface area (Å²) in [6.07, 6.45) is 0. The monoisotopic (exact) mass is 363 g/mol. The molecule has 2 aromatic rings. The minimum absolute atomic E-state index is 0.0350. The van der Waals surface area contributed by atoms with Crippen LogP contribution in [0.1, 0.15) is 0 Å². The second kappa shape index (κ2) is 5.48. The molecule has 0 bridgehead atoms. The fourth-order valence-electron chi connectivity index (χ4n) is 3.05. The predicted molar refractivity (Wildman–Crippen MR) is 84.7 cm³/mol. The second-order valence-corrected chi connectivity index (χ2v) is 7.61. The molecule has 25 heavy (non-hydrogen) atoms. The van der Waals surface area contributed by atoms with Crippen molar-refractivity contribution in [1.82, 2.24) is 9.29 Å². The molecule has 0 unspecified atom stereocenters. The van der Waals surface area contributed by atoms with Crippen molar-refractivity contribution in [3.8, 4) is 0 Å². The molecule has 130 valence electrons. The van der Waals surface area contributed by atoms with E-state index in [9.17, 15) is 23.1 Å². The highest BCUT2D eigenvalue weighted by Gasteiger charge is 2.29. The molecule has 1 fully saturated rings. The number of ether oxygens (including phenoxy) is 1. The third-order valence-electron chi connectivity index (χ3n) is 4.25. The van der Waals surface area contributed by atoms with Crippen molar-refractivity contribution in [1.29, 1.82) is 0 Å². The average molecular weight is 363 g/mol. The Kier molecular flexibility index (Phi) is 3.49. The number of rotatable bonds is 3. The largest absolute Gasteiger partial charge is 0.477 e. The second-order valence-electron chi connectivity index (χ2n) is 5.67. The summed E-state index contributed by atoms with van der Waals surface area (Å²) in [7, 11) is -3.73. The highest BCUT2D eigenvalue weighted by atomic mass is 32.2. The standard InChI is InChI=1S/C15H13N3O6S/c19-14-12(15(20)21)11-9-7-8(1-2-10(9)16-13(11)17-14)25(22,23)18-3-5-24-6-4-18/h1-2,7H,3-6H2,(H,20,21)(H,16,17,19). The Bertz CT molecular complexity index is 1140. The average Bonchev–Trinajstić information content (AvgIpc) is 3.09. The van der Waals surface area contributed by atoms with E-state index in [-0.39, 0.29) is 28.7 Å². The Morgan fingerprint density at radius 1 is 1.28 bits per heavy atom. The number of amides is 1. The number of carboxylic acids is 1. The van der Waals surface area contributed by atoms with Gasteiger partial charge in [0.1, 0.15) is 11.1 Å². The lowest BCUT2D eigenvalue weighted by Crippen LogP contribution is -2.40. The maximum Gasteiger partial charge on any atom is 0.342 e. The number of fused-ring (bicyclic) bond motifs is 3. The number of hydrogen-bond acceptors (Lipinski definition) is 5. The topological polar surface area (TPSA) is 129 Å². The Hall–Kier alpha value is -2.56. The molecule has 2 aliphatic heterocycles. The molecular formula is C15H13N3O6S. The van der Waals surface area contributed by atoms with Crippen molar-refractivity contribution in [3.05, 3.63) is 28.9 Å². The summed E-state index contributed by atoms with van der Waals surface area (Å²) in [4.78, 5) is 29.7.